The van der Waals surface area contributed by atoms with Gasteiger partial charge in [-0.3, -0.25) is 0 Å². The highest BCUT2D eigenvalue weighted by Crippen LogP contribution is 2.47. The van der Waals surface area contributed by atoms with Crippen LogP contribution in [-0.4, -0.2) is 6.61 Å². The standard InChI is InChI=1S/C25H23ClO2/c26-22-11-9-20(10-12-22)13-14-25(15-16-25)19-27-18-21-5-4-8-24(17-21)28-23-6-2-1-3-7-23/h1-14,17H,15-16,18-19H2/b14-13+. The van der Waals surface area contributed by atoms with Crippen molar-refractivity contribution in [1.82, 2.24) is 0 Å². The molecule has 1 saturated carbocycles. The fraction of sp³-hybridized carbons (Fsp3) is 0.200. The van der Waals surface area contributed by atoms with E-state index < -0.39 is 0 Å². The fourth-order valence-corrected chi connectivity index (χ4v) is 3.19. The second kappa shape index (κ2) is 8.64. The number of benzene rings is 3. The number of hydrogen-bond acceptors (Lipinski definition) is 2. The van der Waals surface area contributed by atoms with E-state index in [1.54, 1.807) is 0 Å². The molecule has 0 aliphatic heterocycles. The number of halogens is 1. The highest BCUT2D eigenvalue weighted by Gasteiger charge is 2.40. The molecule has 0 saturated heterocycles. The first kappa shape index (κ1) is 18.8. The molecule has 1 aliphatic carbocycles. The van der Waals surface area contributed by atoms with E-state index in [2.05, 4.69) is 18.2 Å². The second-order valence-electron chi connectivity index (χ2n) is 7.30. The molecule has 0 radical (unpaired) electrons. The summed E-state index contributed by atoms with van der Waals surface area (Å²) in [5.74, 6) is 1.67. The van der Waals surface area contributed by atoms with E-state index in [0.717, 1.165) is 28.7 Å². The molecule has 1 fully saturated rings. The lowest BCUT2D eigenvalue weighted by molar-refractivity contribution is 0.0928. The highest BCUT2D eigenvalue weighted by atomic mass is 35.5. The van der Waals surface area contributed by atoms with E-state index >= 15 is 0 Å². The molecule has 3 aromatic rings. The van der Waals surface area contributed by atoms with Crippen molar-refractivity contribution in [3.63, 3.8) is 0 Å². The predicted molar refractivity (Wildman–Crippen MR) is 115 cm³/mol. The maximum Gasteiger partial charge on any atom is 0.127 e. The average Bonchev–Trinajstić information content (AvgIpc) is 3.49. The maximum absolute atomic E-state index is 6.03. The summed E-state index contributed by atoms with van der Waals surface area (Å²) < 4.78 is 11.9. The van der Waals surface area contributed by atoms with Crippen molar-refractivity contribution in [2.75, 3.05) is 6.61 Å². The zero-order valence-electron chi connectivity index (χ0n) is 15.7. The van der Waals surface area contributed by atoms with Crippen LogP contribution in [0.5, 0.6) is 11.5 Å². The zero-order valence-corrected chi connectivity index (χ0v) is 16.4. The lowest BCUT2D eigenvalue weighted by Crippen LogP contribution is -2.07. The smallest absolute Gasteiger partial charge is 0.127 e. The van der Waals surface area contributed by atoms with Gasteiger partial charge in [-0.15, -0.1) is 0 Å². The molecule has 4 rings (SSSR count). The Balaban J connectivity index is 1.30. The summed E-state index contributed by atoms with van der Waals surface area (Å²) in [6.07, 6.45) is 6.80. The van der Waals surface area contributed by atoms with Crippen molar-refractivity contribution >= 4 is 17.7 Å². The monoisotopic (exact) mass is 390 g/mol. The third-order valence-corrected chi connectivity index (χ3v) is 5.18. The van der Waals surface area contributed by atoms with Gasteiger partial charge in [-0.05, 0) is 60.4 Å². The predicted octanol–water partition coefficient (Wildman–Crippen LogP) is 7.14. The van der Waals surface area contributed by atoms with Crippen LogP contribution in [-0.2, 0) is 11.3 Å². The minimum absolute atomic E-state index is 0.178. The molecule has 3 heteroatoms. The molecule has 0 heterocycles. The SMILES string of the molecule is Clc1ccc(/C=C/C2(COCc3cccc(Oc4ccccc4)c3)CC2)cc1. The van der Waals surface area contributed by atoms with Gasteiger partial charge in [0, 0.05) is 10.4 Å². The molecule has 0 bridgehead atoms. The van der Waals surface area contributed by atoms with E-state index in [1.165, 1.54) is 18.4 Å². The first-order valence-corrected chi connectivity index (χ1v) is 9.93. The minimum Gasteiger partial charge on any atom is -0.457 e. The van der Waals surface area contributed by atoms with Gasteiger partial charge in [-0.1, -0.05) is 66.2 Å². The van der Waals surface area contributed by atoms with Gasteiger partial charge in [0.1, 0.15) is 11.5 Å². The summed E-state index contributed by atoms with van der Waals surface area (Å²) in [6, 6.07) is 25.8. The van der Waals surface area contributed by atoms with Crippen molar-refractivity contribution in [3.8, 4) is 11.5 Å². The molecule has 0 N–H and O–H groups in total. The third kappa shape index (κ3) is 5.25. The summed E-state index contributed by atoms with van der Waals surface area (Å²) in [4.78, 5) is 0. The Hall–Kier alpha value is -2.55. The topological polar surface area (TPSA) is 18.5 Å². The van der Waals surface area contributed by atoms with Crippen molar-refractivity contribution in [2.24, 2.45) is 5.41 Å². The summed E-state index contributed by atoms with van der Waals surface area (Å²) in [6.45, 7) is 1.32. The van der Waals surface area contributed by atoms with Gasteiger partial charge in [0.15, 0.2) is 0 Å². The van der Waals surface area contributed by atoms with Gasteiger partial charge >= 0.3 is 0 Å². The lowest BCUT2D eigenvalue weighted by atomic mass is 10.1. The molecule has 0 amide bonds. The van der Waals surface area contributed by atoms with E-state index in [-0.39, 0.29) is 5.41 Å². The summed E-state index contributed by atoms with van der Waals surface area (Å²) >= 11 is 5.94. The van der Waals surface area contributed by atoms with E-state index in [4.69, 9.17) is 21.1 Å². The molecule has 142 valence electrons. The molecule has 3 aromatic carbocycles. The second-order valence-corrected chi connectivity index (χ2v) is 7.74. The highest BCUT2D eigenvalue weighted by molar-refractivity contribution is 6.30. The van der Waals surface area contributed by atoms with Crippen LogP contribution in [0, 0.1) is 5.41 Å². The normalized spacial score (nSPS) is 14.9. The number of ether oxygens (including phenoxy) is 2. The van der Waals surface area contributed by atoms with Gasteiger partial charge in [-0.25, -0.2) is 0 Å². The van der Waals surface area contributed by atoms with Gasteiger partial charge in [0.05, 0.1) is 13.2 Å². The molecule has 0 unspecified atom stereocenters. The van der Waals surface area contributed by atoms with Crippen LogP contribution in [0.2, 0.25) is 5.02 Å². The summed E-state index contributed by atoms with van der Waals surface area (Å²) in [7, 11) is 0. The van der Waals surface area contributed by atoms with Crippen molar-refractivity contribution in [2.45, 2.75) is 19.4 Å². The lowest BCUT2D eigenvalue weighted by Gasteiger charge is -2.12. The van der Waals surface area contributed by atoms with Gasteiger partial charge < -0.3 is 9.47 Å². The van der Waals surface area contributed by atoms with Crippen LogP contribution in [0.3, 0.4) is 0 Å². The van der Waals surface area contributed by atoms with Crippen LogP contribution in [0.25, 0.3) is 6.08 Å². The number of rotatable bonds is 8. The van der Waals surface area contributed by atoms with E-state index in [9.17, 15) is 0 Å². The Kier molecular flexibility index (Phi) is 5.80. The zero-order chi connectivity index (χ0) is 19.2. The first-order valence-electron chi connectivity index (χ1n) is 9.55. The van der Waals surface area contributed by atoms with Crippen LogP contribution < -0.4 is 4.74 Å². The molecular formula is C25H23ClO2. The summed E-state index contributed by atoms with van der Waals surface area (Å²) in [5, 5.41) is 0.764. The molecule has 0 atom stereocenters. The van der Waals surface area contributed by atoms with Crippen molar-refractivity contribution in [1.29, 1.82) is 0 Å². The first-order chi connectivity index (χ1) is 13.7. The average molecular weight is 391 g/mol. The van der Waals surface area contributed by atoms with Gasteiger partial charge in [-0.2, -0.15) is 0 Å². The maximum atomic E-state index is 6.03. The third-order valence-electron chi connectivity index (χ3n) is 4.93. The van der Waals surface area contributed by atoms with Gasteiger partial charge in [0.2, 0.25) is 0 Å². The molecule has 1 aliphatic rings. The van der Waals surface area contributed by atoms with E-state index in [0.29, 0.717) is 6.61 Å². The Bertz CT molecular complexity index is 928. The number of hydrogen-bond donors (Lipinski definition) is 0. The van der Waals surface area contributed by atoms with E-state index in [1.807, 2.05) is 72.8 Å². The summed E-state index contributed by atoms with van der Waals surface area (Å²) in [5.41, 5.74) is 2.46. The minimum atomic E-state index is 0.178. The molecule has 2 nitrogen and oxygen atoms in total. The van der Waals surface area contributed by atoms with Crippen molar-refractivity contribution in [3.05, 3.63) is 101 Å². The van der Waals surface area contributed by atoms with Crippen LogP contribution in [0.15, 0.2) is 84.9 Å². The number of para-hydroxylation sites is 1. The quantitative estimate of drug-likeness (QED) is 0.406. The van der Waals surface area contributed by atoms with Gasteiger partial charge in [0.25, 0.3) is 0 Å². The van der Waals surface area contributed by atoms with Crippen molar-refractivity contribution < 1.29 is 9.47 Å². The fourth-order valence-electron chi connectivity index (χ4n) is 3.06. The Morgan fingerprint density at radius 3 is 2.36 bits per heavy atom. The molecule has 0 aromatic heterocycles. The Morgan fingerprint density at radius 1 is 0.857 bits per heavy atom. The largest absolute Gasteiger partial charge is 0.457 e. The molecular weight excluding hydrogens is 368 g/mol. The van der Waals surface area contributed by atoms with Crippen LogP contribution in [0.1, 0.15) is 24.0 Å². The molecule has 28 heavy (non-hydrogen) atoms. The molecule has 0 spiro atoms. The van der Waals surface area contributed by atoms with Crippen LogP contribution >= 0.6 is 11.6 Å². The van der Waals surface area contributed by atoms with Crippen LogP contribution in [0.4, 0.5) is 0 Å². The Labute approximate surface area is 171 Å². The Morgan fingerprint density at radius 2 is 1.61 bits per heavy atom.